The summed E-state index contributed by atoms with van der Waals surface area (Å²) in [5.41, 5.74) is 6.71. The molecule has 7 nitrogen and oxygen atoms in total. The summed E-state index contributed by atoms with van der Waals surface area (Å²) in [6.45, 7) is 7.07. The van der Waals surface area contributed by atoms with E-state index in [9.17, 15) is 4.79 Å². The van der Waals surface area contributed by atoms with Gasteiger partial charge in [-0.2, -0.15) is 0 Å². The van der Waals surface area contributed by atoms with Crippen molar-refractivity contribution in [3.63, 3.8) is 0 Å². The lowest BCUT2D eigenvalue weighted by Crippen LogP contribution is -2.41. The van der Waals surface area contributed by atoms with E-state index >= 15 is 0 Å². The molecule has 2 atom stereocenters. The Hall–Kier alpha value is -3.24. The minimum absolute atomic E-state index is 0.0579. The van der Waals surface area contributed by atoms with Crippen molar-refractivity contribution in [2.24, 2.45) is 0 Å². The zero-order chi connectivity index (χ0) is 29.3. The highest BCUT2D eigenvalue weighted by Crippen LogP contribution is 2.51. The number of aromatic nitrogens is 2. The van der Waals surface area contributed by atoms with E-state index < -0.39 is 0 Å². The standard InChI is InChI=1S/C34H37N5O2S2/c1-22-16-26(23-6-5-13-38(2)20-23)27(37-18-22)19-36-24-10-11-30-32(17-24)42-31-9-3-7-25(33(31)43-30)29-21-39(14-15-41-29)28-8-4-12-35-34(28)40/h3-4,7-12,16-18,23,29,36H,5-6,13-15,19-21H2,1-2H3,(H,35,40). The topological polar surface area (TPSA) is 73.5 Å². The molecule has 0 amide bonds. The van der Waals surface area contributed by atoms with Gasteiger partial charge in [0.05, 0.1) is 18.8 Å². The van der Waals surface area contributed by atoms with Gasteiger partial charge in [0, 0.05) is 57.3 Å². The lowest BCUT2D eigenvalue weighted by atomic mass is 9.89. The number of nitrogens with zero attached hydrogens (tertiary/aromatic N) is 3. The maximum atomic E-state index is 12.4. The molecule has 5 heterocycles. The van der Waals surface area contributed by atoms with Gasteiger partial charge in [-0.25, -0.2) is 0 Å². The fraction of sp³-hybridized carbons (Fsp3) is 0.353. The molecule has 3 aliphatic heterocycles. The molecule has 9 heteroatoms. The number of anilines is 2. The van der Waals surface area contributed by atoms with Gasteiger partial charge >= 0.3 is 0 Å². The molecule has 222 valence electrons. The van der Waals surface area contributed by atoms with Crippen LogP contribution in [0.15, 0.2) is 91.4 Å². The minimum atomic E-state index is -0.0981. The van der Waals surface area contributed by atoms with Gasteiger partial charge in [-0.05, 0) is 92.4 Å². The van der Waals surface area contributed by atoms with Crippen LogP contribution in [0.5, 0.6) is 0 Å². The molecule has 2 N–H and O–H groups in total. The van der Waals surface area contributed by atoms with Crippen molar-refractivity contribution < 1.29 is 4.74 Å². The number of nitrogens with one attached hydrogen (secondary N) is 2. The van der Waals surface area contributed by atoms with Crippen molar-refractivity contribution in [1.29, 1.82) is 0 Å². The molecule has 2 unspecified atom stereocenters. The zero-order valence-corrected chi connectivity index (χ0v) is 26.3. The smallest absolute Gasteiger partial charge is 0.271 e. The number of aryl methyl sites for hydroxylation is 1. The van der Waals surface area contributed by atoms with Gasteiger partial charge in [-0.3, -0.25) is 9.78 Å². The Morgan fingerprint density at radius 1 is 1.02 bits per heavy atom. The monoisotopic (exact) mass is 611 g/mol. The number of benzene rings is 2. The quantitative estimate of drug-likeness (QED) is 0.220. The van der Waals surface area contributed by atoms with Crippen molar-refractivity contribution in [3.8, 4) is 0 Å². The van der Waals surface area contributed by atoms with Gasteiger partial charge in [0.2, 0.25) is 0 Å². The van der Waals surface area contributed by atoms with Crippen molar-refractivity contribution in [2.75, 3.05) is 50.1 Å². The SMILES string of the molecule is Cc1cnc(CNc2ccc3c(c2)Sc2cccc(C4CN(c5ccc[nH]c5=O)CCO4)c2S3)c(C2CCCN(C)C2)c1. The molecule has 7 rings (SSSR count). The van der Waals surface area contributed by atoms with E-state index in [4.69, 9.17) is 9.72 Å². The van der Waals surface area contributed by atoms with Crippen molar-refractivity contribution in [2.45, 2.75) is 57.9 Å². The Morgan fingerprint density at radius 2 is 1.95 bits per heavy atom. The third kappa shape index (κ3) is 6.09. The molecule has 2 aromatic heterocycles. The van der Waals surface area contributed by atoms with Gasteiger partial charge in [0.1, 0.15) is 11.8 Å². The summed E-state index contributed by atoms with van der Waals surface area (Å²) < 4.78 is 6.27. The minimum Gasteiger partial charge on any atom is -0.379 e. The number of ether oxygens (including phenoxy) is 1. The van der Waals surface area contributed by atoms with Gasteiger partial charge in [0.25, 0.3) is 5.56 Å². The Balaban J connectivity index is 1.07. The van der Waals surface area contributed by atoms with E-state index in [1.165, 1.54) is 55.7 Å². The van der Waals surface area contributed by atoms with Crippen molar-refractivity contribution >= 4 is 34.9 Å². The number of morpholine rings is 1. The lowest BCUT2D eigenvalue weighted by Gasteiger charge is -2.35. The summed E-state index contributed by atoms with van der Waals surface area (Å²) in [7, 11) is 2.22. The van der Waals surface area contributed by atoms with Crippen molar-refractivity contribution in [1.82, 2.24) is 14.9 Å². The van der Waals surface area contributed by atoms with Crippen LogP contribution in [-0.4, -0.2) is 54.7 Å². The highest BCUT2D eigenvalue weighted by molar-refractivity contribution is 8.05. The molecule has 0 aliphatic carbocycles. The maximum absolute atomic E-state index is 12.4. The lowest BCUT2D eigenvalue weighted by molar-refractivity contribution is 0.0378. The summed E-state index contributed by atoms with van der Waals surface area (Å²) >= 11 is 3.64. The Kier molecular flexibility index (Phi) is 8.23. The fourth-order valence-corrected chi connectivity index (χ4v) is 8.88. The Labute approximate surface area is 261 Å². The predicted molar refractivity (Wildman–Crippen MR) is 175 cm³/mol. The molecule has 4 aromatic rings. The van der Waals surface area contributed by atoms with Crippen LogP contribution < -0.4 is 15.8 Å². The van der Waals surface area contributed by atoms with Crippen LogP contribution in [0.25, 0.3) is 0 Å². The van der Waals surface area contributed by atoms with E-state index in [1.807, 2.05) is 41.9 Å². The largest absolute Gasteiger partial charge is 0.379 e. The van der Waals surface area contributed by atoms with Crippen LogP contribution in [0.1, 0.15) is 47.2 Å². The molecule has 3 aliphatic rings. The van der Waals surface area contributed by atoms with Gasteiger partial charge < -0.3 is 24.8 Å². The molecule has 0 saturated carbocycles. The first-order valence-corrected chi connectivity index (χ1v) is 16.7. The first-order valence-electron chi connectivity index (χ1n) is 15.1. The number of hydrogen-bond acceptors (Lipinski definition) is 8. The summed E-state index contributed by atoms with van der Waals surface area (Å²) in [5, 5.41) is 3.68. The van der Waals surface area contributed by atoms with Crippen LogP contribution in [0.4, 0.5) is 11.4 Å². The van der Waals surface area contributed by atoms with E-state index in [0.717, 1.165) is 17.9 Å². The summed E-state index contributed by atoms with van der Waals surface area (Å²) in [6, 6.07) is 19.3. The highest BCUT2D eigenvalue weighted by Gasteiger charge is 2.29. The average molecular weight is 612 g/mol. The summed E-state index contributed by atoms with van der Waals surface area (Å²) in [5.74, 6) is 0.540. The van der Waals surface area contributed by atoms with Crippen LogP contribution >= 0.6 is 23.5 Å². The van der Waals surface area contributed by atoms with E-state index in [1.54, 1.807) is 6.20 Å². The number of hydrogen-bond donors (Lipinski definition) is 2. The van der Waals surface area contributed by atoms with Crippen molar-refractivity contribution in [3.05, 3.63) is 99.7 Å². The number of likely N-dealkylation sites (tertiary alicyclic amines) is 1. The molecule has 2 fully saturated rings. The van der Waals surface area contributed by atoms with Gasteiger partial charge in [0.15, 0.2) is 0 Å². The molecular formula is C34H37N5O2S2. The number of piperidine rings is 1. The first-order chi connectivity index (χ1) is 21.0. The number of aromatic amines is 1. The van der Waals surface area contributed by atoms with Gasteiger partial charge in [-0.15, -0.1) is 0 Å². The first kappa shape index (κ1) is 28.5. The van der Waals surface area contributed by atoms with Gasteiger partial charge in [-0.1, -0.05) is 41.7 Å². The molecule has 0 radical (unpaired) electrons. The molecular weight excluding hydrogens is 575 g/mol. The number of fused-ring (bicyclic) bond motifs is 2. The van der Waals surface area contributed by atoms with Crippen LogP contribution in [0, 0.1) is 6.92 Å². The number of rotatable bonds is 6. The molecule has 0 bridgehead atoms. The van der Waals surface area contributed by atoms with E-state index in [2.05, 4.69) is 76.5 Å². The zero-order valence-electron chi connectivity index (χ0n) is 24.6. The molecule has 2 aromatic carbocycles. The number of pyridine rings is 2. The van der Waals surface area contributed by atoms with E-state index in [0.29, 0.717) is 37.8 Å². The van der Waals surface area contributed by atoms with Crippen LogP contribution in [-0.2, 0) is 11.3 Å². The third-order valence-corrected chi connectivity index (χ3v) is 11.2. The average Bonchev–Trinajstić information content (AvgIpc) is 3.03. The van der Waals surface area contributed by atoms with Crippen LogP contribution in [0.2, 0.25) is 0 Å². The molecule has 2 saturated heterocycles. The highest BCUT2D eigenvalue weighted by atomic mass is 32.2. The second kappa shape index (κ2) is 12.4. The van der Waals surface area contributed by atoms with Crippen LogP contribution in [0.3, 0.4) is 0 Å². The molecule has 0 spiro atoms. The molecule has 43 heavy (non-hydrogen) atoms. The number of likely N-dealkylation sites (N-methyl/N-ethyl adjacent to an activating group) is 1. The third-order valence-electron chi connectivity index (χ3n) is 8.60. The predicted octanol–water partition coefficient (Wildman–Crippen LogP) is 6.69. The summed E-state index contributed by atoms with van der Waals surface area (Å²) in [6.07, 6.45) is 6.04. The second-order valence-electron chi connectivity index (χ2n) is 11.7. The maximum Gasteiger partial charge on any atom is 0.271 e. The Bertz CT molecular complexity index is 1690. The van der Waals surface area contributed by atoms with E-state index in [-0.39, 0.29) is 11.7 Å². The normalized spacial score (nSPS) is 20.4. The summed E-state index contributed by atoms with van der Waals surface area (Å²) in [4.78, 5) is 29.7. The number of H-pyrrole nitrogens is 1. The Morgan fingerprint density at radius 3 is 2.84 bits per heavy atom. The fourth-order valence-electron chi connectivity index (χ4n) is 6.43. The second-order valence-corrected chi connectivity index (χ2v) is 13.9.